The fraction of sp³-hybridized carbons (Fsp3) is 0.211. The zero-order chi connectivity index (χ0) is 19.0. The van der Waals surface area contributed by atoms with Crippen LogP contribution < -0.4 is 4.74 Å². The van der Waals surface area contributed by atoms with Gasteiger partial charge < -0.3 is 9.84 Å². The van der Waals surface area contributed by atoms with Gasteiger partial charge in [0.1, 0.15) is 17.7 Å². The highest BCUT2D eigenvalue weighted by molar-refractivity contribution is 6.33. The summed E-state index contributed by atoms with van der Waals surface area (Å²) in [6.07, 6.45) is -1.10. The molecule has 1 heterocycles. The van der Waals surface area contributed by atoms with E-state index in [1.54, 1.807) is 38.2 Å². The number of aliphatic hydroxyl groups is 1. The van der Waals surface area contributed by atoms with Crippen molar-refractivity contribution in [1.82, 2.24) is 9.78 Å². The second-order valence-electron chi connectivity index (χ2n) is 5.86. The largest absolute Gasteiger partial charge is 0.497 e. The first-order valence-electron chi connectivity index (χ1n) is 7.84. The summed E-state index contributed by atoms with van der Waals surface area (Å²) in [6, 6.07) is 9.43. The zero-order valence-electron chi connectivity index (χ0n) is 14.4. The Hall–Kier alpha value is -2.08. The molecule has 0 bridgehead atoms. The van der Waals surface area contributed by atoms with Crippen LogP contribution in [0.1, 0.15) is 22.9 Å². The Balaban J connectivity index is 2.21. The normalized spacial score (nSPS) is 12.3. The van der Waals surface area contributed by atoms with Gasteiger partial charge in [-0.3, -0.25) is 4.68 Å². The highest BCUT2D eigenvalue weighted by Crippen LogP contribution is 2.40. The summed E-state index contributed by atoms with van der Waals surface area (Å²) in [4.78, 5) is 0. The number of hydrogen-bond acceptors (Lipinski definition) is 3. The average Bonchev–Trinajstić information content (AvgIpc) is 2.88. The maximum absolute atomic E-state index is 14.5. The van der Waals surface area contributed by atoms with Gasteiger partial charge in [0.15, 0.2) is 0 Å². The van der Waals surface area contributed by atoms with Gasteiger partial charge in [0.25, 0.3) is 0 Å². The SMILES string of the molecule is COc1ccc(C(O)c2c(C)nn(C)c2-c2c(F)cccc2Cl)c(Cl)c1. The summed E-state index contributed by atoms with van der Waals surface area (Å²) in [5.41, 5.74) is 2.07. The number of nitrogens with zero attached hydrogens (tertiary/aromatic N) is 2. The summed E-state index contributed by atoms with van der Waals surface area (Å²) >= 11 is 12.5. The predicted molar refractivity (Wildman–Crippen MR) is 100 cm³/mol. The van der Waals surface area contributed by atoms with Crippen molar-refractivity contribution in [2.75, 3.05) is 7.11 Å². The molecule has 4 nitrogen and oxygen atoms in total. The number of methoxy groups -OCH3 is 1. The topological polar surface area (TPSA) is 47.3 Å². The van der Waals surface area contributed by atoms with E-state index in [-0.39, 0.29) is 10.6 Å². The van der Waals surface area contributed by atoms with Crippen molar-refractivity contribution in [3.05, 3.63) is 69.1 Å². The van der Waals surface area contributed by atoms with E-state index < -0.39 is 11.9 Å². The van der Waals surface area contributed by atoms with Crippen LogP contribution in [0.4, 0.5) is 4.39 Å². The highest BCUT2D eigenvalue weighted by atomic mass is 35.5. The van der Waals surface area contributed by atoms with Crippen molar-refractivity contribution >= 4 is 23.2 Å². The van der Waals surface area contributed by atoms with Gasteiger partial charge in [-0.2, -0.15) is 5.10 Å². The first-order chi connectivity index (χ1) is 12.3. The molecule has 0 aliphatic carbocycles. The van der Waals surface area contributed by atoms with Crippen LogP contribution in [0.2, 0.25) is 10.0 Å². The number of ether oxygens (including phenoxy) is 1. The Bertz CT molecular complexity index is 952. The molecular weight excluding hydrogens is 378 g/mol. The van der Waals surface area contributed by atoms with Crippen LogP contribution in [0, 0.1) is 12.7 Å². The molecular formula is C19H17Cl2FN2O2. The van der Waals surface area contributed by atoms with E-state index in [4.69, 9.17) is 27.9 Å². The summed E-state index contributed by atoms with van der Waals surface area (Å²) in [7, 11) is 3.21. The minimum absolute atomic E-state index is 0.191. The van der Waals surface area contributed by atoms with E-state index in [0.29, 0.717) is 33.3 Å². The van der Waals surface area contributed by atoms with Gasteiger partial charge in [-0.1, -0.05) is 35.3 Å². The Kier molecular flexibility index (Phi) is 5.23. The lowest BCUT2D eigenvalue weighted by molar-refractivity contribution is 0.220. The summed E-state index contributed by atoms with van der Waals surface area (Å²) in [5.74, 6) is 0.0843. The molecule has 1 atom stereocenters. The number of benzene rings is 2. The lowest BCUT2D eigenvalue weighted by Gasteiger charge is -2.17. The monoisotopic (exact) mass is 394 g/mol. The molecule has 0 saturated heterocycles. The third kappa shape index (κ3) is 3.18. The molecule has 0 spiro atoms. The van der Waals surface area contributed by atoms with Crippen LogP contribution in [0.25, 0.3) is 11.3 Å². The third-order valence-corrected chi connectivity index (χ3v) is 4.89. The first-order valence-corrected chi connectivity index (χ1v) is 8.60. The second-order valence-corrected chi connectivity index (χ2v) is 6.67. The lowest BCUT2D eigenvalue weighted by atomic mass is 9.96. The molecule has 1 aromatic heterocycles. The predicted octanol–water partition coefficient (Wildman–Crippen LogP) is 4.93. The van der Waals surface area contributed by atoms with E-state index in [2.05, 4.69) is 5.10 Å². The van der Waals surface area contributed by atoms with E-state index in [1.807, 2.05) is 0 Å². The maximum atomic E-state index is 14.5. The average molecular weight is 395 g/mol. The molecule has 0 radical (unpaired) electrons. The van der Waals surface area contributed by atoms with Crippen LogP contribution >= 0.6 is 23.2 Å². The molecule has 136 valence electrons. The van der Waals surface area contributed by atoms with Crippen LogP contribution in [0.5, 0.6) is 5.75 Å². The van der Waals surface area contributed by atoms with Gasteiger partial charge in [0, 0.05) is 18.2 Å². The standard InChI is InChI=1S/C19H17Cl2FN2O2/c1-10-16(19(25)12-8-7-11(26-3)9-14(12)21)18(24(2)23-10)17-13(20)5-4-6-15(17)22/h4-9,19,25H,1-3H3. The summed E-state index contributed by atoms with van der Waals surface area (Å²) < 4.78 is 21.1. The Morgan fingerprint density at radius 3 is 2.54 bits per heavy atom. The molecule has 0 saturated carbocycles. The fourth-order valence-corrected chi connectivity index (χ4v) is 3.56. The summed E-state index contributed by atoms with van der Waals surface area (Å²) in [6.45, 7) is 1.74. The van der Waals surface area contributed by atoms with Crippen molar-refractivity contribution in [2.24, 2.45) is 7.05 Å². The smallest absolute Gasteiger partial charge is 0.134 e. The van der Waals surface area contributed by atoms with Gasteiger partial charge in [-0.15, -0.1) is 0 Å². The van der Waals surface area contributed by atoms with Crippen LogP contribution in [-0.4, -0.2) is 22.0 Å². The molecule has 1 unspecified atom stereocenters. The molecule has 2 aromatic carbocycles. The number of aliphatic hydroxyl groups excluding tert-OH is 1. The van der Waals surface area contributed by atoms with Gasteiger partial charge in [-0.25, -0.2) is 4.39 Å². The minimum Gasteiger partial charge on any atom is -0.497 e. The van der Waals surface area contributed by atoms with E-state index in [1.165, 1.54) is 23.9 Å². The molecule has 3 rings (SSSR count). The van der Waals surface area contributed by atoms with Gasteiger partial charge in [-0.05, 0) is 31.2 Å². The van der Waals surface area contributed by atoms with Gasteiger partial charge in [0.2, 0.25) is 0 Å². The number of rotatable bonds is 4. The zero-order valence-corrected chi connectivity index (χ0v) is 15.9. The van der Waals surface area contributed by atoms with E-state index in [9.17, 15) is 9.50 Å². The van der Waals surface area contributed by atoms with Crippen molar-refractivity contribution in [3.8, 4) is 17.0 Å². The fourth-order valence-electron chi connectivity index (χ4n) is 3.03. The van der Waals surface area contributed by atoms with Crippen molar-refractivity contribution in [2.45, 2.75) is 13.0 Å². The minimum atomic E-state index is -1.10. The quantitative estimate of drug-likeness (QED) is 0.681. The van der Waals surface area contributed by atoms with Gasteiger partial charge in [0.05, 0.1) is 34.1 Å². The Morgan fingerprint density at radius 2 is 1.92 bits per heavy atom. The molecule has 1 N–H and O–H groups in total. The summed E-state index contributed by atoms with van der Waals surface area (Å²) in [5, 5.41) is 15.9. The number of hydrogen-bond donors (Lipinski definition) is 1. The molecule has 0 amide bonds. The van der Waals surface area contributed by atoms with E-state index in [0.717, 1.165) is 0 Å². The second kappa shape index (κ2) is 7.27. The maximum Gasteiger partial charge on any atom is 0.134 e. The molecule has 3 aromatic rings. The van der Waals surface area contributed by atoms with Crippen molar-refractivity contribution in [3.63, 3.8) is 0 Å². The van der Waals surface area contributed by atoms with Crippen molar-refractivity contribution < 1.29 is 14.2 Å². The first kappa shape index (κ1) is 18.7. The molecule has 0 aliphatic heterocycles. The van der Waals surface area contributed by atoms with Gasteiger partial charge >= 0.3 is 0 Å². The molecule has 26 heavy (non-hydrogen) atoms. The molecule has 0 aliphatic rings. The highest BCUT2D eigenvalue weighted by Gasteiger charge is 2.27. The number of halogens is 3. The molecule has 0 fully saturated rings. The van der Waals surface area contributed by atoms with E-state index >= 15 is 0 Å². The van der Waals surface area contributed by atoms with Crippen molar-refractivity contribution in [1.29, 1.82) is 0 Å². The Morgan fingerprint density at radius 1 is 1.19 bits per heavy atom. The van der Waals surface area contributed by atoms with Crippen LogP contribution in [-0.2, 0) is 7.05 Å². The van der Waals surface area contributed by atoms with Crippen LogP contribution in [0.15, 0.2) is 36.4 Å². The lowest BCUT2D eigenvalue weighted by Crippen LogP contribution is -2.05. The Labute approximate surface area is 160 Å². The third-order valence-electron chi connectivity index (χ3n) is 4.24. The van der Waals surface area contributed by atoms with Crippen LogP contribution in [0.3, 0.4) is 0 Å². The number of aryl methyl sites for hydroxylation is 2. The molecule has 7 heteroatoms. The number of aromatic nitrogens is 2.